The zero-order valence-electron chi connectivity index (χ0n) is 11.8. The molecule has 2 fully saturated rings. The van der Waals surface area contributed by atoms with Crippen LogP contribution < -0.4 is 16.4 Å². The lowest BCUT2D eigenvalue weighted by atomic mass is 9.48. The molecule has 1 saturated heterocycles. The largest absolute Gasteiger partial charge is 0.377 e. The number of rotatable bonds is 4. The molecular weight excluding hydrogens is 246 g/mol. The molecule has 108 valence electrons. The third kappa shape index (κ3) is 1.94. The number of hydrogen-bond acceptors (Lipinski definition) is 4. The van der Waals surface area contributed by atoms with Crippen LogP contribution in [0.4, 0.5) is 0 Å². The van der Waals surface area contributed by atoms with Crippen molar-refractivity contribution in [3.63, 3.8) is 0 Å². The van der Waals surface area contributed by atoms with Gasteiger partial charge in [-0.15, -0.1) is 0 Å². The Morgan fingerprint density at radius 1 is 1.37 bits per heavy atom. The Hall–Kier alpha value is -1.14. The smallest absolute Gasteiger partial charge is 0.241 e. The summed E-state index contributed by atoms with van der Waals surface area (Å²) < 4.78 is 5.64. The van der Waals surface area contributed by atoms with Gasteiger partial charge in [-0.2, -0.15) is 0 Å². The van der Waals surface area contributed by atoms with Gasteiger partial charge in [0, 0.05) is 24.5 Å². The standard InChI is InChI=1S/C13H23N3O3/c1-4-15-9(17)7-16-11(18)13(14)8-5-6-19-10(8)12(13,2)3/h8,10H,4-7,14H2,1-3H3,(H,15,17)(H,16,18). The molecule has 6 heteroatoms. The van der Waals surface area contributed by atoms with Crippen molar-refractivity contribution in [3.8, 4) is 0 Å². The zero-order valence-corrected chi connectivity index (χ0v) is 11.8. The molecule has 2 aliphatic rings. The van der Waals surface area contributed by atoms with E-state index in [9.17, 15) is 9.59 Å². The number of nitrogens with one attached hydrogen (secondary N) is 2. The molecule has 0 aromatic carbocycles. The quantitative estimate of drug-likeness (QED) is 0.634. The van der Waals surface area contributed by atoms with Gasteiger partial charge in [-0.05, 0) is 13.3 Å². The molecule has 2 amide bonds. The van der Waals surface area contributed by atoms with Gasteiger partial charge in [0.1, 0.15) is 5.54 Å². The van der Waals surface area contributed by atoms with Crippen LogP contribution in [-0.4, -0.2) is 43.2 Å². The Labute approximate surface area is 113 Å². The van der Waals surface area contributed by atoms with E-state index in [-0.39, 0.29) is 30.4 Å². The maximum absolute atomic E-state index is 12.3. The lowest BCUT2D eigenvalue weighted by Gasteiger charge is -2.60. The van der Waals surface area contributed by atoms with Gasteiger partial charge >= 0.3 is 0 Å². The number of nitrogens with two attached hydrogens (primary N) is 1. The number of likely N-dealkylation sites (N-methyl/N-ethyl adjacent to an activating group) is 1. The van der Waals surface area contributed by atoms with Crippen molar-refractivity contribution in [1.82, 2.24) is 10.6 Å². The number of carbonyl (C=O) groups is 2. The van der Waals surface area contributed by atoms with Crippen LogP contribution in [0.15, 0.2) is 0 Å². The fraction of sp³-hybridized carbons (Fsp3) is 0.846. The summed E-state index contributed by atoms with van der Waals surface area (Å²) >= 11 is 0. The van der Waals surface area contributed by atoms with E-state index in [2.05, 4.69) is 10.6 Å². The van der Waals surface area contributed by atoms with E-state index in [1.165, 1.54) is 0 Å². The van der Waals surface area contributed by atoms with Gasteiger partial charge in [0.05, 0.1) is 12.6 Å². The molecule has 1 heterocycles. The zero-order chi connectivity index (χ0) is 14.3. The Morgan fingerprint density at radius 2 is 2.05 bits per heavy atom. The van der Waals surface area contributed by atoms with E-state index < -0.39 is 11.0 Å². The van der Waals surface area contributed by atoms with Crippen molar-refractivity contribution >= 4 is 11.8 Å². The molecule has 0 aromatic heterocycles. The minimum absolute atomic E-state index is 0.0278. The van der Waals surface area contributed by atoms with E-state index in [1.807, 2.05) is 20.8 Å². The van der Waals surface area contributed by atoms with E-state index in [0.717, 1.165) is 6.42 Å². The maximum atomic E-state index is 12.3. The second-order valence-corrected chi connectivity index (χ2v) is 5.91. The van der Waals surface area contributed by atoms with Gasteiger partial charge in [0.2, 0.25) is 11.8 Å². The minimum Gasteiger partial charge on any atom is -0.377 e. The number of fused-ring (bicyclic) bond motifs is 1. The molecule has 2 rings (SSSR count). The molecule has 3 atom stereocenters. The van der Waals surface area contributed by atoms with Gasteiger partial charge in [-0.3, -0.25) is 9.59 Å². The molecule has 0 aromatic rings. The first-order valence-electron chi connectivity index (χ1n) is 6.81. The second kappa shape index (κ2) is 4.76. The summed E-state index contributed by atoms with van der Waals surface area (Å²) in [6.45, 7) is 6.91. The van der Waals surface area contributed by atoms with Gasteiger partial charge in [-0.1, -0.05) is 13.8 Å². The molecule has 3 unspecified atom stereocenters. The first-order valence-corrected chi connectivity index (χ1v) is 6.81. The van der Waals surface area contributed by atoms with Crippen molar-refractivity contribution < 1.29 is 14.3 Å². The van der Waals surface area contributed by atoms with Crippen LogP contribution in [0.25, 0.3) is 0 Å². The monoisotopic (exact) mass is 269 g/mol. The Bertz CT molecular complexity index is 397. The number of hydrogen-bond donors (Lipinski definition) is 3. The Morgan fingerprint density at radius 3 is 2.68 bits per heavy atom. The lowest BCUT2D eigenvalue weighted by Crippen LogP contribution is -2.80. The molecule has 19 heavy (non-hydrogen) atoms. The molecule has 0 radical (unpaired) electrons. The van der Waals surface area contributed by atoms with Crippen molar-refractivity contribution in [2.75, 3.05) is 19.7 Å². The maximum Gasteiger partial charge on any atom is 0.241 e. The third-order valence-electron chi connectivity index (χ3n) is 4.61. The van der Waals surface area contributed by atoms with Gasteiger partial charge in [0.15, 0.2) is 0 Å². The molecule has 4 N–H and O–H groups in total. The van der Waals surface area contributed by atoms with Crippen LogP contribution in [0.3, 0.4) is 0 Å². The molecule has 6 nitrogen and oxygen atoms in total. The van der Waals surface area contributed by atoms with Crippen molar-refractivity contribution in [2.24, 2.45) is 17.1 Å². The highest BCUT2D eigenvalue weighted by atomic mass is 16.5. The van der Waals surface area contributed by atoms with Crippen LogP contribution in [-0.2, 0) is 14.3 Å². The third-order valence-corrected chi connectivity index (χ3v) is 4.61. The highest BCUT2D eigenvalue weighted by Gasteiger charge is 2.71. The highest BCUT2D eigenvalue weighted by Crippen LogP contribution is 2.58. The van der Waals surface area contributed by atoms with E-state index in [4.69, 9.17) is 10.5 Å². The summed E-state index contributed by atoms with van der Waals surface area (Å²) in [7, 11) is 0. The average Bonchev–Trinajstić information content (AvgIpc) is 2.83. The SMILES string of the molecule is CCNC(=O)CNC(=O)C1(N)C2CCOC2C1(C)C. The van der Waals surface area contributed by atoms with Crippen LogP contribution >= 0.6 is 0 Å². The summed E-state index contributed by atoms with van der Waals surface area (Å²) in [6, 6.07) is 0. The molecule has 0 spiro atoms. The summed E-state index contributed by atoms with van der Waals surface area (Å²) in [6.07, 6.45) is 0.854. The Balaban J connectivity index is 2.00. The van der Waals surface area contributed by atoms with E-state index >= 15 is 0 Å². The molecule has 0 bridgehead atoms. The number of ether oxygens (including phenoxy) is 1. The van der Waals surface area contributed by atoms with Gasteiger partial charge in [0.25, 0.3) is 0 Å². The normalized spacial score (nSPS) is 35.2. The lowest BCUT2D eigenvalue weighted by molar-refractivity contribution is -0.175. The van der Waals surface area contributed by atoms with Crippen molar-refractivity contribution in [2.45, 2.75) is 38.8 Å². The fourth-order valence-electron chi connectivity index (χ4n) is 3.41. The summed E-state index contributed by atoms with van der Waals surface area (Å²) in [5.41, 5.74) is 5.00. The first-order chi connectivity index (χ1) is 8.85. The molecular formula is C13H23N3O3. The predicted molar refractivity (Wildman–Crippen MR) is 70.2 cm³/mol. The molecule has 1 aliphatic carbocycles. The summed E-state index contributed by atoms with van der Waals surface area (Å²) in [4.78, 5) is 23.7. The van der Waals surface area contributed by atoms with Crippen molar-refractivity contribution in [3.05, 3.63) is 0 Å². The van der Waals surface area contributed by atoms with Gasteiger partial charge < -0.3 is 21.1 Å². The van der Waals surface area contributed by atoms with E-state index in [1.54, 1.807) is 0 Å². The predicted octanol–water partition coefficient (Wildman–Crippen LogP) is -0.619. The molecule has 1 aliphatic heterocycles. The Kier molecular flexibility index (Phi) is 3.57. The number of carbonyl (C=O) groups excluding carboxylic acids is 2. The minimum atomic E-state index is -0.944. The summed E-state index contributed by atoms with van der Waals surface area (Å²) in [5.74, 6) is -0.400. The average molecular weight is 269 g/mol. The van der Waals surface area contributed by atoms with Crippen molar-refractivity contribution in [1.29, 1.82) is 0 Å². The highest BCUT2D eigenvalue weighted by molar-refractivity contribution is 5.92. The van der Waals surface area contributed by atoms with Gasteiger partial charge in [-0.25, -0.2) is 0 Å². The molecule has 1 saturated carbocycles. The fourth-order valence-corrected chi connectivity index (χ4v) is 3.41. The number of amides is 2. The first kappa shape index (κ1) is 14.3. The van der Waals surface area contributed by atoms with Crippen LogP contribution in [0.2, 0.25) is 0 Å². The van der Waals surface area contributed by atoms with E-state index in [0.29, 0.717) is 13.2 Å². The second-order valence-electron chi connectivity index (χ2n) is 5.91. The topological polar surface area (TPSA) is 93.5 Å². The van der Waals surface area contributed by atoms with Crippen LogP contribution in [0.5, 0.6) is 0 Å². The van der Waals surface area contributed by atoms with Crippen LogP contribution in [0, 0.1) is 11.3 Å². The summed E-state index contributed by atoms with van der Waals surface area (Å²) in [5, 5.41) is 5.28. The van der Waals surface area contributed by atoms with Crippen LogP contribution in [0.1, 0.15) is 27.2 Å².